The minimum atomic E-state index is 0.659. The summed E-state index contributed by atoms with van der Waals surface area (Å²) in [6.07, 6.45) is 0. The lowest BCUT2D eigenvalue weighted by atomic mass is 10.2. The smallest absolute Gasteiger partial charge is 0.209 e. The summed E-state index contributed by atoms with van der Waals surface area (Å²) < 4.78 is 11.1. The summed E-state index contributed by atoms with van der Waals surface area (Å²) in [4.78, 5) is 6.65. The first kappa shape index (κ1) is 13.6. The van der Waals surface area contributed by atoms with Crippen molar-refractivity contribution in [1.82, 2.24) is 9.88 Å². The molecule has 0 amide bonds. The van der Waals surface area contributed by atoms with E-state index >= 15 is 0 Å². The monoisotopic (exact) mass is 282 g/mol. The SMILES string of the molecule is COc1ccccc1CN(C)Cc1nc2ccccc2o1. The van der Waals surface area contributed by atoms with Crippen LogP contribution in [-0.2, 0) is 13.1 Å². The van der Waals surface area contributed by atoms with Crippen molar-refractivity contribution < 1.29 is 9.15 Å². The highest BCUT2D eigenvalue weighted by Crippen LogP contribution is 2.20. The second kappa shape index (κ2) is 5.97. The molecule has 0 bridgehead atoms. The average Bonchev–Trinajstić information content (AvgIpc) is 2.89. The van der Waals surface area contributed by atoms with Crippen LogP contribution < -0.4 is 4.74 Å². The van der Waals surface area contributed by atoms with Gasteiger partial charge >= 0.3 is 0 Å². The Kier molecular flexibility index (Phi) is 3.88. The Hall–Kier alpha value is -2.33. The van der Waals surface area contributed by atoms with Gasteiger partial charge in [-0.2, -0.15) is 0 Å². The molecule has 3 rings (SSSR count). The Labute approximate surface area is 124 Å². The molecule has 0 atom stereocenters. The second-order valence-corrected chi connectivity index (χ2v) is 5.06. The molecule has 0 aliphatic heterocycles. The number of hydrogen-bond acceptors (Lipinski definition) is 4. The van der Waals surface area contributed by atoms with Gasteiger partial charge in [-0.3, -0.25) is 4.90 Å². The lowest BCUT2D eigenvalue weighted by Crippen LogP contribution is -2.17. The molecule has 0 radical (unpaired) electrons. The summed E-state index contributed by atoms with van der Waals surface area (Å²) in [6, 6.07) is 15.9. The van der Waals surface area contributed by atoms with Gasteiger partial charge < -0.3 is 9.15 Å². The standard InChI is InChI=1S/C17H18N2O2/c1-19(11-13-7-3-5-9-15(13)20-2)12-17-18-14-8-4-6-10-16(14)21-17/h3-10H,11-12H2,1-2H3. The third kappa shape index (κ3) is 3.06. The van der Waals surface area contributed by atoms with E-state index in [-0.39, 0.29) is 0 Å². The van der Waals surface area contributed by atoms with Crippen molar-refractivity contribution in [3.8, 4) is 5.75 Å². The van der Waals surface area contributed by atoms with Crippen LogP contribution in [0, 0.1) is 0 Å². The van der Waals surface area contributed by atoms with Crippen molar-refractivity contribution in [2.45, 2.75) is 13.1 Å². The van der Waals surface area contributed by atoms with Gasteiger partial charge in [0.05, 0.1) is 13.7 Å². The van der Waals surface area contributed by atoms with Crippen molar-refractivity contribution in [3.05, 3.63) is 60.0 Å². The minimum Gasteiger partial charge on any atom is -0.496 e. The highest BCUT2D eigenvalue weighted by Gasteiger charge is 2.10. The summed E-state index contributed by atoms with van der Waals surface area (Å²) in [5, 5.41) is 0. The molecule has 1 aromatic heterocycles. The van der Waals surface area contributed by atoms with Gasteiger partial charge in [-0.05, 0) is 25.2 Å². The third-order valence-electron chi connectivity index (χ3n) is 3.38. The molecule has 0 N–H and O–H groups in total. The zero-order chi connectivity index (χ0) is 14.7. The molecule has 0 aliphatic rings. The van der Waals surface area contributed by atoms with E-state index in [9.17, 15) is 0 Å². The van der Waals surface area contributed by atoms with Crippen LogP contribution in [0.4, 0.5) is 0 Å². The van der Waals surface area contributed by atoms with Gasteiger partial charge in [0.2, 0.25) is 5.89 Å². The van der Waals surface area contributed by atoms with E-state index in [2.05, 4.69) is 16.0 Å². The molecule has 0 saturated heterocycles. The number of para-hydroxylation sites is 3. The van der Waals surface area contributed by atoms with E-state index in [1.54, 1.807) is 7.11 Å². The van der Waals surface area contributed by atoms with Crippen molar-refractivity contribution in [2.24, 2.45) is 0 Å². The number of rotatable bonds is 5. The summed E-state index contributed by atoms with van der Waals surface area (Å²) in [7, 11) is 3.74. The number of fused-ring (bicyclic) bond motifs is 1. The molecule has 0 spiro atoms. The largest absolute Gasteiger partial charge is 0.496 e. The topological polar surface area (TPSA) is 38.5 Å². The summed E-state index contributed by atoms with van der Waals surface area (Å²) in [5.41, 5.74) is 2.88. The average molecular weight is 282 g/mol. The van der Waals surface area contributed by atoms with Crippen LogP contribution in [0.25, 0.3) is 11.1 Å². The molecule has 4 nitrogen and oxygen atoms in total. The summed E-state index contributed by atoms with van der Waals surface area (Å²) in [5.74, 6) is 1.63. The quantitative estimate of drug-likeness (QED) is 0.718. The minimum absolute atomic E-state index is 0.659. The molecule has 21 heavy (non-hydrogen) atoms. The van der Waals surface area contributed by atoms with Crippen LogP contribution in [0.3, 0.4) is 0 Å². The molecule has 108 valence electrons. The maximum absolute atomic E-state index is 5.75. The lowest BCUT2D eigenvalue weighted by molar-refractivity contribution is 0.280. The van der Waals surface area contributed by atoms with E-state index < -0.39 is 0 Å². The highest BCUT2D eigenvalue weighted by atomic mass is 16.5. The molecule has 2 aromatic carbocycles. The second-order valence-electron chi connectivity index (χ2n) is 5.06. The van der Waals surface area contributed by atoms with Gasteiger partial charge in [-0.1, -0.05) is 30.3 Å². The number of aromatic nitrogens is 1. The molecule has 0 fully saturated rings. The Morgan fingerprint density at radius 2 is 1.81 bits per heavy atom. The summed E-state index contributed by atoms with van der Waals surface area (Å²) >= 11 is 0. The number of ether oxygens (including phenoxy) is 1. The molecular weight excluding hydrogens is 264 g/mol. The van der Waals surface area contributed by atoms with Crippen molar-refractivity contribution >= 4 is 11.1 Å². The molecule has 0 aliphatic carbocycles. The maximum Gasteiger partial charge on any atom is 0.209 e. The number of benzene rings is 2. The summed E-state index contributed by atoms with van der Waals surface area (Å²) in [6.45, 7) is 1.44. The number of nitrogens with zero attached hydrogens (tertiary/aromatic N) is 2. The van der Waals surface area contributed by atoms with Crippen molar-refractivity contribution in [3.63, 3.8) is 0 Å². The van der Waals surface area contributed by atoms with Crippen LogP contribution in [0.1, 0.15) is 11.5 Å². The highest BCUT2D eigenvalue weighted by molar-refractivity contribution is 5.72. The Morgan fingerprint density at radius 3 is 2.62 bits per heavy atom. The van der Waals surface area contributed by atoms with Gasteiger partial charge in [0.1, 0.15) is 11.3 Å². The molecular formula is C17H18N2O2. The van der Waals surface area contributed by atoms with Gasteiger partial charge in [-0.15, -0.1) is 0 Å². The fourth-order valence-electron chi connectivity index (χ4n) is 2.40. The van der Waals surface area contributed by atoms with Gasteiger partial charge in [0, 0.05) is 12.1 Å². The van der Waals surface area contributed by atoms with E-state index in [4.69, 9.17) is 9.15 Å². The normalized spacial score (nSPS) is 11.2. The van der Waals surface area contributed by atoms with Crippen LogP contribution in [0.2, 0.25) is 0 Å². The van der Waals surface area contributed by atoms with Crippen LogP contribution >= 0.6 is 0 Å². The molecule has 3 aromatic rings. The Balaban J connectivity index is 1.72. The van der Waals surface area contributed by atoms with Crippen LogP contribution in [0.5, 0.6) is 5.75 Å². The molecule has 0 saturated carbocycles. The zero-order valence-electron chi connectivity index (χ0n) is 12.2. The van der Waals surface area contributed by atoms with E-state index in [1.165, 1.54) is 0 Å². The Morgan fingerprint density at radius 1 is 1.05 bits per heavy atom. The number of hydrogen-bond donors (Lipinski definition) is 0. The molecule has 1 heterocycles. The van der Waals surface area contributed by atoms with E-state index in [1.807, 2.05) is 49.5 Å². The van der Waals surface area contributed by atoms with Crippen LogP contribution in [0.15, 0.2) is 52.9 Å². The van der Waals surface area contributed by atoms with E-state index in [0.29, 0.717) is 6.54 Å². The number of oxazole rings is 1. The predicted molar refractivity (Wildman–Crippen MR) is 82.2 cm³/mol. The molecule has 4 heteroatoms. The Bertz CT molecular complexity index is 703. The van der Waals surface area contributed by atoms with Gasteiger partial charge in [-0.25, -0.2) is 4.98 Å². The fourth-order valence-corrected chi connectivity index (χ4v) is 2.40. The van der Waals surface area contributed by atoms with Crippen molar-refractivity contribution in [2.75, 3.05) is 14.2 Å². The van der Waals surface area contributed by atoms with Gasteiger partial charge in [0.15, 0.2) is 5.58 Å². The first-order valence-corrected chi connectivity index (χ1v) is 6.91. The van der Waals surface area contributed by atoms with E-state index in [0.717, 1.165) is 34.8 Å². The lowest BCUT2D eigenvalue weighted by Gasteiger charge is -2.16. The maximum atomic E-state index is 5.75. The predicted octanol–water partition coefficient (Wildman–Crippen LogP) is 3.47. The zero-order valence-corrected chi connectivity index (χ0v) is 12.2. The first-order chi connectivity index (χ1) is 10.3. The first-order valence-electron chi connectivity index (χ1n) is 6.91. The van der Waals surface area contributed by atoms with Crippen molar-refractivity contribution in [1.29, 1.82) is 0 Å². The molecule has 0 unspecified atom stereocenters. The number of methoxy groups -OCH3 is 1. The van der Waals surface area contributed by atoms with Crippen LogP contribution in [-0.4, -0.2) is 24.0 Å². The third-order valence-corrected chi connectivity index (χ3v) is 3.38. The van der Waals surface area contributed by atoms with Gasteiger partial charge in [0.25, 0.3) is 0 Å². The fraction of sp³-hybridized carbons (Fsp3) is 0.235.